The molecule has 1 unspecified atom stereocenters. The number of rotatable bonds is 7. The lowest BCUT2D eigenvalue weighted by Crippen LogP contribution is -2.22. The molecule has 1 rings (SSSR count). The van der Waals surface area contributed by atoms with Crippen molar-refractivity contribution in [3.63, 3.8) is 0 Å². The summed E-state index contributed by atoms with van der Waals surface area (Å²) >= 11 is 0. The molecule has 0 aliphatic rings. The minimum atomic E-state index is -4.17. The Morgan fingerprint density at radius 1 is 1.30 bits per heavy atom. The standard InChI is InChI=1S/C14H19F4NO/c1-3-19-13(5-4-8-14(16,17)18)11-7-6-10(20-2)9-12(11)15/h6-7,9,13,19H,3-5,8H2,1-2H3. The van der Waals surface area contributed by atoms with E-state index in [1.807, 2.05) is 6.92 Å². The van der Waals surface area contributed by atoms with E-state index >= 15 is 0 Å². The maximum Gasteiger partial charge on any atom is 0.389 e. The molecule has 0 aromatic heterocycles. The van der Waals surface area contributed by atoms with Crippen molar-refractivity contribution in [3.05, 3.63) is 29.6 Å². The van der Waals surface area contributed by atoms with Gasteiger partial charge >= 0.3 is 6.18 Å². The van der Waals surface area contributed by atoms with E-state index in [2.05, 4.69) is 5.32 Å². The van der Waals surface area contributed by atoms with Gasteiger partial charge in [0.2, 0.25) is 0 Å². The van der Waals surface area contributed by atoms with Crippen LogP contribution in [0.25, 0.3) is 0 Å². The Morgan fingerprint density at radius 3 is 2.50 bits per heavy atom. The highest BCUT2D eigenvalue weighted by Crippen LogP contribution is 2.28. The van der Waals surface area contributed by atoms with E-state index in [1.54, 1.807) is 12.1 Å². The molecule has 1 aromatic rings. The molecular formula is C14H19F4NO. The van der Waals surface area contributed by atoms with Crippen molar-refractivity contribution in [2.24, 2.45) is 0 Å². The number of halogens is 4. The highest BCUT2D eigenvalue weighted by atomic mass is 19.4. The van der Waals surface area contributed by atoms with E-state index < -0.39 is 24.5 Å². The third-order valence-electron chi connectivity index (χ3n) is 2.99. The van der Waals surface area contributed by atoms with Crippen LogP contribution >= 0.6 is 0 Å². The molecule has 0 aliphatic heterocycles. The first-order valence-electron chi connectivity index (χ1n) is 6.51. The van der Waals surface area contributed by atoms with Crippen LogP contribution in [0.1, 0.15) is 37.8 Å². The van der Waals surface area contributed by atoms with Gasteiger partial charge in [-0.25, -0.2) is 4.39 Å². The average Bonchev–Trinajstić information content (AvgIpc) is 2.36. The lowest BCUT2D eigenvalue weighted by atomic mass is 10.00. The second kappa shape index (κ2) is 7.47. The summed E-state index contributed by atoms with van der Waals surface area (Å²) in [5, 5.41) is 3.02. The normalized spacial score (nSPS) is 13.3. The van der Waals surface area contributed by atoms with Gasteiger partial charge in [-0.05, 0) is 25.5 Å². The van der Waals surface area contributed by atoms with Crippen molar-refractivity contribution in [1.82, 2.24) is 5.32 Å². The van der Waals surface area contributed by atoms with Crippen LogP contribution in [0.3, 0.4) is 0 Å². The summed E-state index contributed by atoms with van der Waals surface area (Å²) in [7, 11) is 1.43. The van der Waals surface area contributed by atoms with Gasteiger partial charge in [-0.2, -0.15) is 13.2 Å². The van der Waals surface area contributed by atoms with E-state index in [0.29, 0.717) is 17.9 Å². The highest BCUT2D eigenvalue weighted by Gasteiger charge is 2.27. The maximum absolute atomic E-state index is 13.9. The summed E-state index contributed by atoms with van der Waals surface area (Å²) in [6.45, 7) is 2.39. The van der Waals surface area contributed by atoms with Gasteiger partial charge < -0.3 is 10.1 Å². The molecule has 1 aromatic carbocycles. The lowest BCUT2D eigenvalue weighted by molar-refractivity contribution is -0.135. The fourth-order valence-electron chi connectivity index (χ4n) is 2.04. The number of nitrogens with one attached hydrogen (secondary N) is 1. The van der Waals surface area contributed by atoms with Crippen LogP contribution in [-0.4, -0.2) is 19.8 Å². The van der Waals surface area contributed by atoms with Crippen molar-refractivity contribution < 1.29 is 22.3 Å². The Bertz CT molecular complexity index is 420. The minimum Gasteiger partial charge on any atom is -0.497 e. The van der Waals surface area contributed by atoms with Gasteiger partial charge in [0.25, 0.3) is 0 Å². The molecular weight excluding hydrogens is 274 g/mol. The molecule has 0 radical (unpaired) electrons. The van der Waals surface area contributed by atoms with E-state index in [9.17, 15) is 17.6 Å². The molecule has 1 N–H and O–H groups in total. The maximum atomic E-state index is 13.9. The highest BCUT2D eigenvalue weighted by molar-refractivity contribution is 5.30. The minimum absolute atomic E-state index is 0.0351. The second-order valence-electron chi connectivity index (χ2n) is 4.51. The Kier molecular flexibility index (Phi) is 6.26. The molecule has 20 heavy (non-hydrogen) atoms. The van der Waals surface area contributed by atoms with Gasteiger partial charge in [0.1, 0.15) is 11.6 Å². The Morgan fingerprint density at radius 2 is 2.00 bits per heavy atom. The Hall–Kier alpha value is -1.30. The molecule has 0 bridgehead atoms. The number of ether oxygens (including phenoxy) is 1. The fraction of sp³-hybridized carbons (Fsp3) is 0.571. The summed E-state index contributed by atoms with van der Waals surface area (Å²) < 4.78 is 55.3. The third kappa shape index (κ3) is 5.36. The van der Waals surface area contributed by atoms with E-state index in [-0.39, 0.29) is 12.8 Å². The first-order valence-corrected chi connectivity index (χ1v) is 6.51. The fourth-order valence-corrected chi connectivity index (χ4v) is 2.04. The molecule has 1 atom stereocenters. The monoisotopic (exact) mass is 293 g/mol. The van der Waals surface area contributed by atoms with E-state index in [1.165, 1.54) is 13.2 Å². The molecule has 0 saturated carbocycles. The molecule has 0 aliphatic carbocycles. The topological polar surface area (TPSA) is 21.3 Å². The first-order chi connectivity index (χ1) is 9.37. The van der Waals surface area contributed by atoms with E-state index in [4.69, 9.17) is 4.74 Å². The van der Waals surface area contributed by atoms with E-state index in [0.717, 1.165) is 0 Å². The summed E-state index contributed by atoms with van der Waals surface area (Å²) in [5.41, 5.74) is 0.370. The number of benzene rings is 1. The Balaban J connectivity index is 2.75. The zero-order chi connectivity index (χ0) is 15.2. The summed E-state index contributed by atoms with van der Waals surface area (Å²) in [6.07, 6.45) is -4.83. The summed E-state index contributed by atoms with van der Waals surface area (Å²) in [6, 6.07) is 3.97. The zero-order valence-electron chi connectivity index (χ0n) is 11.6. The molecule has 0 saturated heterocycles. The van der Waals surface area contributed by atoms with Crippen molar-refractivity contribution in [2.45, 2.75) is 38.4 Å². The molecule has 0 spiro atoms. The largest absolute Gasteiger partial charge is 0.497 e. The van der Waals surface area contributed by atoms with Gasteiger partial charge in [0.05, 0.1) is 7.11 Å². The van der Waals surface area contributed by atoms with Crippen LogP contribution in [0.2, 0.25) is 0 Å². The third-order valence-corrected chi connectivity index (χ3v) is 2.99. The van der Waals surface area contributed by atoms with Crippen LogP contribution in [0, 0.1) is 5.82 Å². The molecule has 0 fully saturated rings. The quantitative estimate of drug-likeness (QED) is 0.760. The molecule has 0 amide bonds. The molecule has 6 heteroatoms. The number of methoxy groups -OCH3 is 1. The molecule has 0 heterocycles. The predicted octanol–water partition coefficient (Wildman–Crippen LogP) is 4.22. The lowest BCUT2D eigenvalue weighted by Gasteiger charge is -2.19. The summed E-state index contributed by atoms with van der Waals surface area (Å²) in [4.78, 5) is 0. The van der Waals surface area contributed by atoms with Crippen LogP contribution in [0.15, 0.2) is 18.2 Å². The average molecular weight is 293 g/mol. The molecule has 114 valence electrons. The predicted molar refractivity (Wildman–Crippen MR) is 69.3 cm³/mol. The smallest absolute Gasteiger partial charge is 0.389 e. The number of alkyl halides is 3. The zero-order valence-corrected chi connectivity index (χ0v) is 11.6. The van der Waals surface area contributed by atoms with Crippen LogP contribution in [-0.2, 0) is 0 Å². The van der Waals surface area contributed by atoms with Gasteiger partial charge in [0.15, 0.2) is 0 Å². The van der Waals surface area contributed by atoms with Crippen LogP contribution in [0.4, 0.5) is 17.6 Å². The van der Waals surface area contributed by atoms with Gasteiger partial charge in [-0.1, -0.05) is 13.0 Å². The van der Waals surface area contributed by atoms with Crippen molar-refractivity contribution in [1.29, 1.82) is 0 Å². The van der Waals surface area contributed by atoms with Crippen LogP contribution in [0.5, 0.6) is 5.75 Å². The van der Waals surface area contributed by atoms with Crippen molar-refractivity contribution in [2.75, 3.05) is 13.7 Å². The summed E-state index contributed by atoms with van der Waals surface area (Å²) in [5.74, 6) is -0.0842. The van der Waals surface area contributed by atoms with Gasteiger partial charge in [0, 0.05) is 24.1 Å². The van der Waals surface area contributed by atoms with Gasteiger partial charge in [-0.3, -0.25) is 0 Å². The first kappa shape index (κ1) is 16.8. The van der Waals surface area contributed by atoms with Crippen molar-refractivity contribution in [3.8, 4) is 5.75 Å². The number of hydrogen-bond donors (Lipinski definition) is 1. The molecule has 2 nitrogen and oxygen atoms in total. The second-order valence-corrected chi connectivity index (χ2v) is 4.51. The van der Waals surface area contributed by atoms with Crippen molar-refractivity contribution >= 4 is 0 Å². The van der Waals surface area contributed by atoms with Crippen LogP contribution < -0.4 is 10.1 Å². The SMILES string of the molecule is CCNC(CCCC(F)(F)F)c1ccc(OC)cc1F. The van der Waals surface area contributed by atoms with Gasteiger partial charge in [-0.15, -0.1) is 0 Å². The number of hydrogen-bond acceptors (Lipinski definition) is 2. The Labute approximate surface area is 116 Å².